The van der Waals surface area contributed by atoms with Crippen molar-refractivity contribution in [2.75, 3.05) is 0 Å². The van der Waals surface area contributed by atoms with Crippen molar-refractivity contribution >= 4 is 22.6 Å². The zero-order valence-electron chi connectivity index (χ0n) is 11.1. The Bertz CT molecular complexity index is 578. The first-order valence-corrected chi connectivity index (χ1v) is 6.96. The van der Waals surface area contributed by atoms with Gasteiger partial charge in [0.15, 0.2) is 11.6 Å². The fraction of sp³-hybridized carbons (Fsp3) is 0.500. The number of hydrogen-bond donors (Lipinski definition) is 0. The molecule has 0 unspecified atom stereocenters. The maximum Gasteiger partial charge on any atom is 0.161 e. The summed E-state index contributed by atoms with van der Waals surface area (Å²) in [7, 11) is 0. The molecular formula is C14H17ClF2N2. The minimum absolute atomic E-state index is 0.236. The molecule has 0 saturated carbocycles. The van der Waals surface area contributed by atoms with E-state index in [0.717, 1.165) is 25.5 Å². The fourth-order valence-corrected chi connectivity index (χ4v) is 2.38. The summed E-state index contributed by atoms with van der Waals surface area (Å²) < 4.78 is 28.4. The highest BCUT2D eigenvalue weighted by Crippen LogP contribution is 2.22. The minimum Gasteiger partial charge on any atom is -0.327 e. The lowest BCUT2D eigenvalue weighted by atomic mass is 10.1. The topological polar surface area (TPSA) is 17.8 Å². The molecule has 0 spiro atoms. The third-order valence-corrected chi connectivity index (χ3v) is 3.39. The standard InChI is InChI=1S/C14H17ClF2N2/c1-9(2)4-3-5-19-13-7-11(17)10(16)6-12(13)18-14(19)8-15/h6-7,9H,3-5,8H2,1-2H3. The number of aryl methyl sites for hydroxylation is 1. The largest absolute Gasteiger partial charge is 0.327 e. The zero-order valence-corrected chi connectivity index (χ0v) is 11.8. The highest BCUT2D eigenvalue weighted by molar-refractivity contribution is 6.16. The number of hydrogen-bond acceptors (Lipinski definition) is 1. The second-order valence-electron chi connectivity index (χ2n) is 5.10. The number of aromatic nitrogens is 2. The van der Waals surface area contributed by atoms with Crippen LogP contribution in [0.1, 0.15) is 32.5 Å². The van der Waals surface area contributed by atoms with Gasteiger partial charge >= 0.3 is 0 Å². The summed E-state index contributed by atoms with van der Waals surface area (Å²) in [4.78, 5) is 4.26. The molecule has 19 heavy (non-hydrogen) atoms. The van der Waals surface area contributed by atoms with Crippen LogP contribution in [0, 0.1) is 17.6 Å². The quantitative estimate of drug-likeness (QED) is 0.741. The first kappa shape index (κ1) is 14.3. The van der Waals surface area contributed by atoms with E-state index in [0.29, 0.717) is 22.8 Å². The SMILES string of the molecule is CC(C)CCCn1c(CCl)nc2cc(F)c(F)cc21. The molecule has 2 rings (SSSR count). The van der Waals surface area contributed by atoms with Gasteiger partial charge in [-0.2, -0.15) is 0 Å². The number of imidazole rings is 1. The van der Waals surface area contributed by atoms with Gasteiger partial charge in [-0.1, -0.05) is 13.8 Å². The van der Waals surface area contributed by atoms with E-state index < -0.39 is 11.6 Å². The number of alkyl halides is 1. The predicted molar refractivity (Wildman–Crippen MR) is 73.3 cm³/mol. The number of nitrogens with zero attached hydrogens (tertiary/aromatic N) is 2. The molecule has 0 amide bonds. The van der Waals surface area contributed by atoms with Gasteiger partial charge in [-0.25, -0.2) is 13.8 Å². The lowest BCUT2D eigenvalue weighted by Crippen LogP contribution is -2.04. The molecule has 1 aromatic heterocycles. The monoisotopic (exact) mass is 286 g/mol. The van der Waals surface area contributed by atoms with Gasteiger partial charge in [0.25, 0.3) is 0 Å². The van der Waals surface area contributed by atoms with Crippen LogP contribution in [0.25, 0.3) is 11.0 Å². The Hall–Kier alpha value is -1.16. The van der Waals surface area contributed by atoms with E-state index in [1.165, 1.54) is 6.07 Å². The van der Waals surface area contributed by atoms with E-state index in [2.05, 4.69) is 18.8 Å². The number of rotatable bonds is 5. The maximum atomic E-state index is 13.3. The molecule has 1 heterocycles. The van der Waals surface area contributed by atoms with Gasteiger partial charge in [-0.15, -0.1) is 11.6 Å². The lowest BCUT2D eigenvalue weighted by Gasteiger charge is -2.09. The Morgan fingerprint density at radius 3 is 2.58 bits per heavy atom. The second kappa shape index (κ2) is 5.87. The first-order valence-electron chi connectivity index (χ1n) is 6.43. The highest BCUT2D eigenvalue weighted by Gasteiger charge is 2.13. The smallest absolute Gasteiger partial charge is 0.161 e. The first-order chi connectivity index (χ1) is 9.02. The van der Waals surface area contributed by atoms with Crippen molar-refractivity contribution in [1.82, 2.24) is 9.55 Å². The predicted octanol–water partition coefficient (Wildman–Crippen LogP) is 4.49. The molecular weight excluding hydrogens is 270 g/mol. The van der Waals surface area contributed by atoms with Crippen molar-refractivity contribution in [2.24, 2.45) is 5.92 Å². The van der Waals surface area contributed by atoms with Crippen LogP contribution in [0.3, 0.4) is 0 Å². The van der Waals surface area contributed by atoms with E-state index in [-0.39, 0.29) is 5.88 Å². The third-order valence-electron chi connectivity index (χ3n) is 3.15. The molecule has 0 bridgehead atoms. The van der Waals surface area contributed by atoms with E-state index in [9.17, 15) is 8.78 Å². The average Bonchev–Trinajstić information content (AvgIpc) is 2.67. The number of halogens is 3. The molecule has 0 saturated heterocycles. The molecule has 0 fully saturated rings. The summed E-state index contributed by atoms with van der Waals surface area (Å²) in [6.07, 6.45) is 2.04. The average molecular weight is 287 g/mol. The van der Waals surface area contributed by atoms with Gasteiger partial charge < -0.3 is 4.57 Å². The Morgan fingerprint density at radius 1 is 1.26 bits per heavy atom. The minimum atomic E-state index is -0.875. The van der Waals surface area contributed by atoms with Crippen LogP contribution in [-0.4, -0.2) is 9.55 Å². The van der Waals surface area contributed by atoms with Gasteiger partial charge in [0.2, 0.25) is 0 Å². The van der Waals surface area contributed by atoms with Gasteiger partial charge in [0.1, 0.15) is 5.82 Å². The Kier molecular flexibility index (Phi) is 4.40. The van der Waals surface area contributed by atoms with Crippen LogP contribution in [0.2, 0.25) is 0 Å². The summed E-state index contributed by atoms with van der Waals surface area (Å²) >= 11 is 5.85. The van der Waals surface area contributed by atoms with Crippen molar-refractivity contribution in [3.05, 3.63) is 29.6 Å². The lowest BCUT2D eigenvalue weighted by molar-refractivity contribution is 0.505. The van der Waals surface area contributed by atoms with Crippen molar-refractivity contribution < 1.29 is 8.78 Å². The molecule has 0 aliphatic carbocycles. The molecule has 0 aliphatic heterocycles. The van der Waals surface area contributed by atoms with Crippen LogP contribution < -0.4 is 0 Å². The molecule has 2 nitrogen and oxygen atoms in total. The van der Waals surface area contributed by atoms with Crippen LogP contribution in [-0.2, 0) is 12.4 Å². The Morgan fingerprint density at radius 2 is 1.95 bits per heavy atom. The molecule has 0 N–H and O–H groups in total. The summed E-state index contributed by atoms with van der Waals surface area (Å²) in [6.45, 7) is 5.04. The van der Waals surface area contributed by atoms with Gasteiger partial charge in [0, 0.05) is 18.7 Å². The normalized spacial score (nSPS) is 11.7. The van der Waals surface area contributed by atoms with E-state index >= 15 is 0 Å². The van der Waals surface area contributed by atoms with E-state index in [4.69, 9.17) is 11.6 Å². The van der Waals surface area contributed by atoms with Crippen LogP contribution in [0.15, 0.2) is 12.1 Å². The van der Waals surface area contributed by atoms with Crippen molar-refractivity contribution in [3.8, 4) is 0 Å². The van der Waals surface area contributed by atoms with Gasteiger partial charge in [-0.05, 0) is 18.8 Å². The summed E-state index contributed by atoms with van der Waals surface area (Å²) in [5, 5.41) is 0. The molecule has 0 aliphatic rings. The third kappa shape index (κ3) is 3.06. The van der Waals surface area contributed by atoms with E-state index in [1.54, 1.807) is 0 Å². The molecule has 2 aromatic rings. The van der Waals surface area contributed by atoms with Gasteiger partial charge in [0.05, 0.1) is 16.9 Å². The molecule has 0 radical (unpaired) electrons. The molecule has 0 atom stereocenters. The Labute approximate surface area is 116 Å². The van der Waals surface area contributed by atoms with Crippen LogP contribution in [0.4, 0.5) is 8.78 Å². The second-order valence-corrected chi connectivity index (χ2v) is 5.37. The fourth-order valence-electron chi connectivity index (χ4n) is 2.18. The Balaban J connectivity index is 2.36. The highest BCUT2D eigenvalue weighted by atomic mass is 35.5. The van der Waals surface area contributed by atoms with Crippen LogP contribution >= 0.6 is 11.6 Å². The molecule has 5 heteroatoms. The molecule has 104 valence electrons. The summed E-state index contributed by atoms with van der Waals surface area (Å²) in [5.41, 5.74) is 1.07. The van der Waals surface area contributed by atoms with Crippen molar-refractivity contribution in [2.45, 2.75) is 39.1 Å². The van der Waals surface area contributed by atoms with Crippen molar-refractivity contribution in [1.29, 1.82) is 0 Å². The summed E-state index contributed by atoms with van der Waals surface area (Å²) in [5.74, 6) is -0.215. The van der Waals surface area contributed by atoms with E-state index in [1.807, 2.05) is 4.57 Å². The van der Waals surface area contributed by atoms with Crippen molar-refractivity contribution in [3.63, 3.8) is 0 Å². The molecule has 1 aromatic carbocycles. The van der Waals surface area contributed by atoms with Gasteiger partial charge in [-0.3, -0.25) is 0 Å². The summed E-state index contributed by atoms with van der Waals surface area (Å²) in [6, 6.07) is 2.32. The number of fused-ring (bicyclic) bond motifs is 1. The zero-order chi connectivity index (χ0) is 14.0. The van der Waals surface area contributed by atoms with Crippen LogP contribution in [0.5, 0.6) is 0 Å². The maximum absolute atomic E-state index is 13.3. The number of benzene rings is 1.